The molecule has 1 aliphatic heterocycles. The van der Waals surface area contributed by atoms with Crippen LogP contribution in [0.15, 0.2) is 29.3 Å². The number of aliphatic imine (C=N–C) groups is 1. The van der Waals surface area contributed by atoms with Crippen LogP contribution in [0.2, 0.25) is 0 Å². The second-order valence-electron chi connectivity index (χ2n) is 6.13. The zero-order valence-corrected chi connectivity index (χ0v) is 14.5. The smallest absolute Gasteiger partial charge is 0.191 e. The normalized spacial score (nSPS) is 21.3. The van der Waals surface area contributed by atoms with Crippen LogP contribution in [0.25, 0.3) is 0 Å². The lowest BCUT2D eigenvalue weighted by atomic mass is 10.0. The summed E-state index contributed by atoms with van der Waals surface area (Å²) < 4.78 is 11.0. The van der Waals surface area contributed by atoms with Crippen LogP contribution in [0.3, 0.4) is 0 Å². The van der Waals surface area contributed by atoms with Crippen LogP contribution < -0.4 is 15.4 Å². The van der Waals surface area contributed by atoms with Crippen molar-refractivity contribution in [1.82, 2.24) is 10.6 Å². The van der Waals surface area contributed by atoms with Gasteiger partial charge >= 0.3 is 0 Å². The molecule has 2 rings (SSSR count). The number of methoxy groups -OCH3 is 1. The zero-order chi connectivity index (χ0) is 16.5. The highest BCUT2D eigenvalue weighted by molar-refractivity contribution is 5.79. The van der Waals surface area contributed by atoms with Crippen molar-refractivity contribution in [2.75, 3.05) is 33.4 Å². The van der Waals surface area contributed by atoms with Gasteiger partial charge in [0.15, 0.2) is 5.96 Å². The van der Waals surface area contributed by atoms with Gasteiger partial charge in [-0.3, -0.25) is 4.99 Å². The van der Waals surface area contributed by atoms with Crippen LogP contribution in [0.4, 0.5) is 0 Å². The lowest BCUT2D eigenvalue weighted by Gasteiger charge is -2.21. The fourth-order valence-electron chi connectivity index (χ4n) is 2.70. The summed E-state index contributed by atoms with van der Waals surface area (Å²) in [5.41, 5.74) is 1.15. The lowest BCUT2D eigenvalue weighted by molar-refractivity contribution is 0.0283. The summed E-state index contributed by atoms with van der Waals surface area (Å²) in [6.45, 7) is 7.45. The average Bonchev–Trinajstić information content (AvgIpc) is 3.00. The van der Waals surface area contributed by atoms with E-state index in [-0.39, 0.29) is 5.60 Å². The standard InChI is InChI=1S/C18H29N3O2/c1-4-19-17(21-14-18(2)10-6-12-23-18)20-11-9-15-7-5-8-16(13-15)22-3/h5,7-8,13H,4,6,9-12,14H2,1-3H3,(H2,19,20,21). The molecule has 0 aliphatic carbocycles. The third kappa shape index (κ3) is 5.75. The number of guanidine groups is 1. The highest BCUT2D eigenvalue weighted by Crippen LogP contribution is 2.24. The first-order valence-corrected chi connectivity index (χ1v) is 8.44. The SMILES string of the molecule is CCNC(=NCC1(C)CCCO1)NCCc1cccc(OC)c1. The Kier molecular flexibility index (Phi) is 6.71. The Morgan fingerprint density at radius 2 is 2.26 bits per heavy atom. The molecule has 1 heterocycles. The molecule has 5 nitrogen and oxygen atoms in total. The van der Waals surface area contributed by atoms with Gasteiger partial charge in [0.1, 0.15) is 5.75 Å². The molecule has 1 saturated heterocycles. The molecule has 0 aromatic heterocycles. The molecule has 0 bridgehead atoms. The summed E-state index contributed by atoms with van der Waals surface area (Å²) in [7, 11) is 1.69. The van der Waals surface area contributed by atoms with Crippen molar-refractivity contribution in [2.24, 2.45) is 4.99 Å². The van der Waals surface area contributed by atoms with Gasteiger partial charge in [-0.15, -0.1) is 0 Å². The van der Waals surface area contributed by atoms with E-state index < -0.39 is 0 Å². The minimum absolute atomic E-state index is 0.102. The topological polar surface area (TPSA) is 54.9 Å². The summed E-state index contributed by atoms with van der Waals surface area (Å²) >= 11 is 0. The molecular weight excluding hydrogens is 290 g/mol. The number of hydrogen-bond donors (Lipinski definition) is 2. The van der Waals surface area contributed by atoms with Crippen molar-refractivity contribution in [3.8, 4) is 5.75 Å². The summed E-state index contributed by atoms with van der Waals surface area (Å²) in [4.78, 5) is 4.68. The third-order valence-electron chi connectivity index (χ3n) is 4.06. The van der Waals surface area contributed by atoms with E-state index in [1.165, 1.54) is 5.56 Å². The zero-order valence-electron chi connectivity index (χ0n) is 14.5. The minimum Gasteiger partial charge on any atom is -0.497 e. The first kappa shape index (κ1) is 17.6. The number of nitrogens with one attached hydrogen (secondary N) is 2. The van der Waals surface area contributed by atoms with Gasteiger partial charge in [0.2, 0.25) is 0 Å². The predicted octanol–water partition coefficient (Wildman–Crippen LogP) is 2.36. The summed E-state index contributed by atoms with van der Waals surface area (Å²) in [5.74, 6) is 1.75. The molecule has 128 valence electrons. The van der Waals surface area contributed by atoms with Gasteiger partial charge < -0.3 is 20.1 Å². The lowest BCUT2D eigenvalue weighted by Crippen LogP contribution is -2.40. The fraction of sp³-hybridized carbons (Fsp3) is 0.611. The molecule has 1 aromatic carbocycles. The molecular formula is C18H29N3O2. The van der Waals surface area contributed by atoms with Gasteiger partial charge in [-0.2, -0.15) is 0 Å². The first-order chi connectivity index (χ1) is 11.1. The Morgan fingerprint density at radius 3 is 2.96 bits per heavy atom. The van der Waals surface area contributed by atoms with Gasteiger partial charge in [0.25, 0.3) is 0 Å². The highest BCUT2D eigenvalue weighted by atomic mass is 16.5. The number of nitrogens with zero attached hydrogens (tertiary/aromatic N) is 1. The molecule has 0 saturated carbocycles. The van der Waals surface area contributed by atoms with Gasteiger partial charge in [-0.05, 0) is 50.8 Å². The Labute approximate surface area is 139 Å². The van der Waals surface area contributed by atoms with Crippen molar-refractivity contribution in [2.45, 2.75) is 38.7 Å². The van der Waals surface area contributed by atoms with Gasteiger partial charge in [0, 0.05) is 19.7 Å². The number of ether oxygens (including phenoxy) is 2. The van der Waals surface area contributed by atoms with Crippen molar-refractivity contribution >= 4 is 5.96 Å². The number of hydrogen-bond acceptors (Lipinski definition) is 3. The molecule has 23 heavy (non-hydrogen) atoms. The van der Waals surface area contributed by atoms with E-state index in [4.69, 9.17) is 9.47 Å². The molecule has 0 radical (unpaired) electrons. The summed E-state index contributed by atoms with van der Waals surface area (Å²) in [6.07, 6.45) is 3.14. The maximum Gasteiger partial charge on any atom is 0.191 e. The molecule has 1 unspecified atom stereocenters. The van der Waals surface area contributed by atoms with E-state index in [1.54, 1.807) is 7.11 Å². The fourth-order valence-corrected chi connectivity index (χ4v) is 2.70. The van der Waals surface area contributed by atoms with Crippen LogP contribution in [-0.4, -0.2) is 44.9 Å². The third-order valence-corrected chi connectivity index (χ3v) is 4.06. The van der Waals surface area contributed by atoms with Gasteiger partial charge in [-0.25, -0.2) is 0 Å². The summed E-state index contributed by atoms with van der Waals surface area (Å²) in [6, 6.07) is 8.16. The van der Waals surface area contributed by atoms with E-state index in [9.17, 15) is 0 Å². The summed E-state index contributed by atoms with van der Waals surface area (Å²) in [5, 5.41) is 6.68. The molecule has 0 amide bonds. The van der Waals surface area contributed by atoms with Gasteiger partial charge in [-0.1, -0.05) is 12.1 Å². The molecule has 2 N–H and O–H groups in total. The molecule has 0 spiro atoms. The van der Waals surface area contributed by atoms with Gasteiger partial charge in [0.05, 0.1) is 19.3 Å². The Balaban J connectivity index is 1.83. The largest absolute Gasteiger partial charge is 0.497 e. The van der Waals surface area contributed by atoms with E-state index >= 15 is 0 Å². The maximum absolute atomic E-state index is 5.79. The Morgan fingerprint density at radius 1 is 1.39 bits per heavy atom. The minimum atomic E-state index is -0.102. The first-order valence-electron chi connectivity index (χ1n) is 8.44. The van der Waals surface area contributed by atoms with Crippen molar-refractivity contribution in [1.29, 1.82) is 0 Å². The highest BCUT2D eigenvalue weighted by Gasteiger charge is 2.29. The predicted molar refractivity (Wildman–Crippen MR) is 94.3 cm³/mol. The molecule has 1 atom stereocenters. The number of rotatable bonds is 7. The van der Waals surface area contributed by atoms with E-state index in [2.05, 4.69) is 41.6 Å². The van der Waals surface area contributed by atoms with Crippen molar-refractivity contribution < 1.29 is 9.47 Å². The number of benzene rings is 1. The quantitative estimate of drug-likeness (QED) is 0.598. The maximum atomic E-state index is 5.79. The second kappa shape index (κ2) is 8.77. The van der Waals surface area contributed by atoms with Crippen LogP contribution in [0.1, 0.15) is 32.3 Å². The van der Waals surface area contributed by atoms with Crippen molar-refractivity contribution in [3.05, 3.63) is 29.8 Å². The van der Waals surface area contributed by atoms with E-state index in [0.717, 1.165) is 50.7 Å². The van der Waals surface area contributed by atoms with E-state index in [1.807, 2.05) is 12.1 Å². The average molecular weight is 319 g/mol. The van der Waals surface area contributed by atoms with Crippen LogP contribution in [-0.2, 0) is 11.2 Å². The van der Waals surface area contributed by atoms with E-state index in [0.29, 0.717) is 6.54 Å². The van der Waals surface area contributed by atoms with Crippen LogP contribution >= 0.6 is 0 Å². The van der Waals surface area contributed by atoms with Crippen LogP contribution in [0.5, 0.6) is 5.75 Å². The Hall–Kier alpha value is -1.75. The molecule has 5 heteroatoms. The molecule has 1 aliphatic rings. The van der Waals surface area contributed by atoms with Crippen LogP contribution in [0, 0.1) is 0 Å². The Bertz CT molecular complexity index is 511. The molecule has 1 aromatic rings. The second-order valence-corrected chi connectivity index (χ2v) is 6.13. The van der Waals surface area contributed by atoms with Crippen molar-refractivity contribution in [3.63, 3.8) is 0 Å². The molecule has 1 fully saturated rings. The monoisotopic (exact) mass is 319 g/mol.